The van der Waals surface area contributed by atoms with E-state index in [1.54, 1.807) is 6.92 Å². The van der Waals surface area contributed by atoms with Gasteiger partial charge in [0.1, 0.15) is 10.7 Å². The topological polar surface area (TPSA) is 46.2 Å². The van der Waals surface area contributed by atoms with Crippen LogP contribution in [0, 0.1) is 19.7 Å². The second-order valence-corrected chi connectivity index (χ2v) is 6.82. The minimum Gasteiger partial charge on any atom is -0.207 e. The van der Waals surface area contributed by atoms with Crippen LogP contribution in [0.25, 0.3) is 0 Å². The first kappa shape index (κ1) is 15.7. The highest BCUT2D eigenvalue weighted by molar-refractivity contribution is 7.89. The van der Waals surface area contributed by atoms with Gasteiger partial charge in [0.2, 0.25) is 10.0 Å². The lowest BCUT2D eigenvalue weighted by Crippen LogP contribution is -2.28. The number of hydrogen-bond donors (Lipinski definition) is 1. The summed E-state index contributed by atoms with van der Waals surface area (Å²) in [4.78, 5) is -0.332. The predicted molar refractivity (Wildman–Crippen MR) is 81.1 cm³/mol. The van der Waals surface area contributed by atoms with Gasteiger partial charge in [-0.25, -0.2) is 17.5 Å². The van der Waals surface area contributed by atoms with Crippen LogP contribution in [0.1, 0.15) is 29.7 Å². The maximum Gasteiger partial charge on any atom is 0.244 e. The Bertz CT molecular complexity index is 757. The van der Waals surface area contributed by atoms with E-state index in [1.807, 2.05) is 32.0 Å². The summed E-state index contributed by atoms with van der Waals surface area (Å²) in [6.45, 7) is 5.65. The number of rotatable bonds is 4. The van der Waals surface area contributed by atoms with Gasteiger partial charge in [-0.1, -0.05) is 35.9 Å². The number of nitrogens with one attached hydrogen (secondary N) is 1. The zero-order chi connectivity index (χ0) is 15.6. The average molecular weight is 307 g/mol. The summed E-state index contributed by atoms with van der Waals surface area (Å²) < 4.78 is 40.7. The molecule has 0 radical (unpaired) electrons. The van der Waals surface area contributed by atoms with Gasteiger partial charge in [-0.2, -0.15) is 0 Å². The van der Waals surface area contributed by atoms with Gasteiger partial charge in [0.15, 0.2) is 0 Å². The lowest BCUT2D eigenvalue weighted by atomic mass is 10.0. The molecule has 0 spiro atoms. The smallest absolute Gasteiger partial charge is 0.207 e. The molecule has 112 valence electrons. The summed E-state index contributed by atoms with van der Waals surface area (Å²) in [7, 11) is -3.89. The Balaban J connectivity index is 2.30. The number of aryl methyl sites for hydroxylation is 2. The van der Waals surface area contributed by atoms with E-state index in [4.69, 9.17) is 0 Å². The van der Waals surface area contributed by atoms with Crippen LogP contribution in [-0.2, 0) is 10.0 Å². The molecule has 0 aromatic heterocycles. The van der Waals surface area contributed by atoms with Crippen LogP contribution < -0.4 is 4.72 Å². The quantitative estimate of drug-likeness (QED) is 0.940. The van der Waals surface area contributed by atoms with Crippen molar-refractivity contribution in [1.29, 1.82) is 0 Å². The van der Waals surface area contributed by atoms with Crippen LogP contribution in [0.15, 0.2) is 47.4 Å². The molecular formula is C16H18FNO2S. The second kappa shape index (κ2) is 5.95. The number of benzene rings is 2. The van der Waals surface area contributed by atoms with E-state index in [2.05, 4.69) is 4.72 Å². The maximum atomic E-state index is 13.7. The normalized spacial score (nSPS) is 13.1. The minimum atomic E-state index is -3.89. The van der Waals surface area contributed by atoms with E-state index < -0.39 is 21.9 Å². The monoisotopic (exact) mass is 307 g/mol. The lowest BCUT2D eigenvalue weighted by Gasteiger charge is -2.17. The Morgan fingerprint density at radius 1 is 1.10 bits per heavy atom. The van der Waals surface area contributed by atoms with E-state index in [1.165, 1.54) is 18.2 Å². The van der Waals surface area contributed by atoms with Crippen molar-refractivity contribution in [2.45, 2.75) is 31.7 Å². The molecule has 0 aliphatic rings. The largest absolute Gasteiger partial charge is 0.244 e. The Morgan fingerprint density at radius 2 is 1.76 bits per heavy atom. The van der Waals surface area contributed by atoms with Crippen LogP contribution in [0.5, 0.6) is 0 Å². The second-order valence-electron chi connectivity index (χ2n) is 5.13. The number of sulfonamides is 1. The molecule has 1 N–H and O–H groups in total. The molecule has 0 heterocycles. The van der Waals surface area contributed by atoms with Gasteiger partial charge < -0.3 is 0 Å². The van der Waals surface area contributed by atoms with E-state index in [9.17, 15) is 12.8 Å². The third-order valence-corrected chi connectivity index (χ3v) is 4.92. The van der Waals surface area contributed by atoms with Crippen LogP contribution in [0.3, 0.4) is 0 Å². The molecule has 0 fully saturated rings. The van der Waals surface area contributed by atoms with Crippen LogP contribution in [-0.4, -0.2) is 8.42 Å². The standard InChI is InChI=1S/C16H18FNO2S/c1-11-8-9-14(12(2)10-11)13(3)18-21(19,20)16-7-5-4-6-15(16)17/h4-10,13,18H,1-3H3. The first-order valence-corrected chi connectivity index (χ1v) is 8.13. The van der Waals surface area contributed by atoms with Crippen molar-refractivity contribution in [3.05, 3.63) is 65.0 Å². The van der Waals surface area contributed by atoms with Gasteiger partial charge in [-0.3, -0.25) is 0 Å². The van der Waals surface area contributed by atoms with Crippen molar-refractivity contribution in [3.8, 4) is 0 Å². The van der Waals surface area contributed by atoms with Crippen LogP contribution in [0.2, 0.25) is 0 Å². The molecule has 5 heteroatoms. The number of hydrogen-bond acceptors (Lipinski definition) is 2. The maximum absolute atomic E-state index is 13.7. The van der Waals surface area contributed by atoms with Crippen molar-refractivity contribution < 1.29 is 12.8 Å². The molecule has 0 bridgehead atoms. The molecule has 0 saturated heterocycles. The first-order chi connectivity index (χ1) is 9.81. The molecule has 21 heavy (non-hydrogen) atoms. The molecule has 0 amide bonds. The molecule has 2 aromatic rings. The molecule has 0 aliphatic carbocycles. The van der Waals surface area contributed by atoms with Crippen molar-refractivity contribution in [1.82, 2.24) is 4.72 Å². The lowest BCUT2D eigenvalue weighted by molar-refractivity contribution is 0.546. The van der Waals surface area contributed by atoms with Crippen LogP contribution >= 0.6 is 0 Å². The zero-order valence-electron chi connectivity index (χ0n) is 12.2. The summed E-state index contributed by atoms with van der Waals surface area (Å²) in [5.74, 6) is -0.752. The number of halogens is 1. The molecule has 1 atom stereocenters. The van der Waals surface area contributed by atoms with Crippen molar-refractivity contribution in [2.24, 2.45) is 0 Å². The van der Waals surface area contributed by atoms with Gasteiger partial charge in [0.25, 0.3) is 0 Å². The molecule has 1 unspecified atom stereocenters. The van der Waals surface area contributed by atoms with Gasteiger partial charge in [-0.05, 0) is 44.0 Å². The van der Waals surface area contributed by atoms with Gasteiger partial charge in [0, 0.05) is 6.04 Å². The molecule has 0 aliphatic heterocycles. The van der Waals surface area contributed by atoms with Crippen molar-refractivity contribution >= 4 is 10.0 Å². The fraction of sp³-hybridized carbons (Fsp3) is 0.250. The third-order valence-electron chi connectivity index (χ3n) is 3.35. The van der Waals surface area contributed by atoms with E-state index >= 15 is 0 Å². The highest BCUT2D eigenvalue weighted by Gasteiger charge is 2.22. The van der Waals surface area contributed by atoms with E-state index in [-0.39, 0.29) is 4.90 Å². The fourth-order valence-electron chi connectivity index (χ4n) is 2.33. The third kappa shape index (κ3) is 3.49. The predicted octanol–water partition coefficient (Wildman–Crippen LogP) is 3.48. The molecule has 2 rings (SSSR count). The molecule has 3 nitrogen and oxygen atoms in total. The van der Waals surface area contributed by atoms with E-state index in [0.29, 0.717) is 0 Å². The summed E-state index contributed by atoms with van der Waals surface area (Å²) in [6, 6.07) is 10.7. The Kier molecular flexibility index (Phi) is 4.44. The fourth-order valence-corrected chi connectivity index (χ4v) is 3.64. The minimum absolute atomic E-state index is 0.332. The van der Waals surface area contributed by atoms with Crippen molar-refractivity contribution in [3.63, 3.8) is 0 Å². The molecular weight excluding hydrogens is 289 g/mol. The Hall–Kier alpha value is -1.72. The van der Waals surface area contributed by atoms with Crippen LogP contribution in [0.4, 0.5) is 4.39 Å². The molecule has 0 saturated carbocycles. The molecule has 2 aromatic carbocycles. The summed E-state index contributed by atoms with van der Waals surface area (Å²) in [5, 5.41) is 0. The highest BCUT2D eigenvalue weighted by Crippen LogP contribution is 2.22. The van der Waals surface area contributed by atoms with Gasteiger partial charge in [0.05, 0.1) is 0 Å². The van der Waals surface area contributed by atoms with Gasteiger partial charge in [-0.15, -0.1) is 0 Å². The van der Waals surface area contributed by atoms with Crippen molar-refractivity contribution in [2.75, 3.05) is 0 Å². The zero-order valence-corrected chi connectivity index (χ0v) is 13.0. The Morgan fingerprint density at radius 3 is 2.38 bits per heavy atom. The van der Waals surface area contributed by atoms with E-state index in [0.717, 1.165) is 22.8 Å². The SMILES string of the molecule is Cc1ccc(C(C)NS(=O)(=O)c2ccccc2F)c(C)c1. The summed E-state index contributed by atoms with van der Waals surface area (Å²) in [5.41, 5.74) is 2.99. The first-order valence-electron chi connectivity index (χ1n) is 6.65. The Labute approximate surface area is 124 Å². The summed E-state index contributed by atoms with van der Waals surface area (Å²) in [6.07, 6.45) is 0. The summed E-state index contributed by atoms with van der Waals surface area (Å²) >= 11 is 0. The highest BCUT2D eigenvalue weighted by atomic mass is 32.2. The van der Waals surface area contributed by atoms with Gasteiger partial charge >= 0.3 is 0 Å². The average Bonchev–Trinajstić information content (AvgIpc) is 2.38.